The Morgan fingerprint density at radius 1 is 1.35 bits per heavy atom. The van der Waals surface area contributed by atoms with Gasteiger partial charge >= 0.3 is 16.3 Å². The van der Waals surface area contributed by atoms with Gasteiger partial charge in [0.15, 0.2) is 0 Å². The van der Waals surface area contributed by atoms with E-state index >= 15 is 0 Å². The minimum atomic E-state index is -4.49. The molecule has 1 rings (SSSR count). The van der Waals surface area contributed by atoms with Crippen LogP contribution in [0.4, 0.5) is 14.4 Å². The lowest BCUT2D eigenvalue weighted by Gasteiger charge is -2.19. The van der Waals surface area contributed by atoms with Crippen LogP contribution in [0.15, 0.2) is 24.3 Å². The first kappa shape index (κ1) is 16.4. The van der Waals surface area contributed by atoms with Crippen LogP contribution in [0.1, 0.15) is 26.3 Å². The van der Waals surface area contributed by atoms with Crippen molar-refractivity contribution < 1.29 is 21.8 Å². The zero-order chi connectivity index (χ0) is 15.4. The first-order valence-electron chi connectivity index (χ1n) is 6.06. The summed E-state index contributed by atoms with van der Waals surface area (Å²) < 4.78 is 38.5. The molecule has 0 spiro atoms. The van der Waals surface area contributed by atoms with E-state index in [4.69, 9.17) is 4.74 Å². The number of carbonyl (C=O) groups excluding carboxylic acids is 1. The van der Waals surface area contributed by atoms with Crippen molar-refractivity contribution in [2.24, 2.45) is 0 Å². The third-order valence-electron chi connectivity index (χ3n) is 2.21. The molecule has 1 aromatic carbocycles. The first-order chi connectivity index (χ1) is 9.05. The van der Waals surface area contributed by atoms with Crippen molar-refractivity contribution in [3.05, 3.63) is 29.8 Å². The molecule has 1 amide bonds. The number of carbonyl (C=O) groups is 1. The van der Waals surface area contributed by atoms with Crippen molar-refractivity contribution in [3.8, 4) is 0 Å². The number of ether oxygens (including phenoxy) is 1. The summed E-state index contributed by atoms with van der Waals surface area (Å²) in [5.41, 5.74) is 0.470. The van der Waals surface area contributed by atoms with E-state index in [-0.39, 0.29) is 6.42 Å². The van der Waals surface area contributed by atoms with Crippen LogP contribution in [0.3, 0.4) is 0 Å². The molecule has 0 bridgehead atoms. The van der Waals surface area contributed by atoms with Gasteiger partial charge in [-0.2, -0.15) is 8.42 Å². The van der Waals surface area contributed by atoms with E-state index in [1.165, 1.54) is 0 Å². The summed E-state index contributed by atoms with van der Waals surface area (Å²) in [6.45, 7) is 5.24. The van der Waals surface area contributed by atoms with Gasteiger partial charge in [0.2, 0.25) is 0 Å². The van der Waals surface area contributed by atoms with Gasteiger partial charge in [-0.25, -0.2) is 4.79 Å². The van der Waals surface area contributed by atoms with Gasteiger partial charge in [-0.3, -0.25) is 5.32 Å². The molecule has 0 aromatic heterocycles. The Bertz CT molecular complexity index is 578. The number of hydrogen-bond donors (Lipinski definition) is 1. The predicted octanol–water partition coefficient (Wildman–Crippen LogP) is 2.88. The summed E-state index contributed by atoms with van der Waals surface area (Å²) in [6.07, 6.45) is -0.560. The van der Waals surface area contributed by atoms with Crippen LogP contribution >= 0.6 is 0 Å². The molecule has 0 saturated heterocycles. The molecule has 1 N–H and O–H groups in total. The monoisotopic (exact) mass is 303 g/mol. The van der Waals surface area contributed by atoms with Crippen molar-refractivity contribution in [1.82, 2.24) is 0 Å². The molecular formula is C13H18FNO4S. The highest BCUT2D eigenvalue weighted by Crippen LogP contribution is 2.14. The zero-order valence-electron chi connectivity index (χ0n) is 11.6. The maximum Gasteiger partial charge on any atom is 0.412 e. The van der Waals surface area contributed by atoms with E-state index in [0.717, 1.165) is 0 Å². The Morgan fingerprint density at radius 3 is 2.55 bits per heavy atom. The second kappa shape index (κ2) is 6.21. The normalized spacial score (nSPS) is 12.0. The zero-order valence-corrected chi connectivity index (χ0v) is 12.5. The maximum absolute atomic E-state index is 12.5. The van der Waals surface area contributed by atoms with E-state index in [2.05, 4.69) is 5.32 Å². The molecule has 0 aliphatic heterocycles. The molecule has 0 unspecified atom stereocenters. The minimum Gasteiger partial charge on any atom is -0.444 e. The fraction of sp³-hybridized carbons (Fsp3) is 0.462. The molecule has 5 nitrogen and oxygen atoms in total. The highest BCUT2D eigenvalue weighted by molar-refractivity contribution is 7.86. The molecule has 7 heteroatoms. The Balaban J connectivity index is 2.66. The second-order valence-electron chi connectivity index (χ2n) is 5.32. The summed E-state index contributed by atoms with van der Waals surface area (Å²) in [5.74, 6) is -0.580. The van der Waals surface area contributed by atoms with Crippen molar-refractivity contribution in [1.29, 1.82) is 0 Å². The molecule has 0 fully saturated rings. The van der Waals surface area contributed by atoms with Crippen molar-refractivity contribution >= 4 is 22.0 Å². The molecule has 20 heavy (non-hydrogen) atoms. The molecule has 0 aliphatic rings. The topological polar surface area (TPSA) is 72.5 Å². The lowest BCUT2D eigenvalue weighted by molar-refractivity contribution is 0.0636. The van der Waals surface area contributed by atoms with Gasteiger partial charge in [-0.15, -0.1) is 3.89 Å². The Kier molecular flexibility index (Phi) is 5.10. The standard InChI is InChI=1S/C13H18FNO4S/c1-13(2,3)19-12(16)15-11-6-4-5-10(9-11)7-8-20(14,17)18/h4-6,9H,7-8H2,1-3H3,(H,15,16). The smallest absolute Gasteiger partial charge is 0.412 e. The molecule has 0 radical (unpaired) electrons. The van der Waals surface area contributed by atoms with Crippen LogP contribution in [0, 0.1) is 0 Å². The molecule has 1 aromatic rings. The van der Waals surface area contributed by atoms with Gasteiger partial charge in [0.25, 0.3) is 0 Å². The summed E-state index contributed by atoms with van der Waals surface area (Å²) in [6, 6.07) is 6.52. The Hall–Kier alpha value is -1.63. The fourth-order valence-corrected chi connectivity index (χ4v) is 1.95. The third kappa shape index (κ3) is 7.08. The number of benzene rings is 1. The SMILES string of the molecule is CC(C)(C)OC(=O)Nc1cccc(CCS(=O)(=O)F)c1. The number of rotatable bonds is 4. The van der Waals surface area contributed by atoms with Gasteiger partial charge < -0.3 is 4.74 Å². The number of aryl methyl sites for hydroxylation is 1. The number of amides is 1. The van der Waals surface area contributed by atoms with Gasteiger partial charge in [0.1, 0.15) is 5.60 Å². The molecule has 0 atom stereocenters. The first-order valence-corrected chi connectivity index (χ1v) is 7.62. The number of hydrogen-bond acceptors (Lipinski definition) is 4. The van der Waals surface area contributed by atoms with Crippen LogP contribution < -0.4 is 5.32 Å². The summed E-state index contributed by atoms with van der Waals surface area (Å²) in [4.78, 5) is 11.6. The molecule has 0 saturated carbocycles. The maximum atomic E-state index is 12.5. The van der Waals surface area contributed by atoms with E-state index in [1.807, 2.05) is 0 Å². The van der Waals surface area contributed by atoms with E-state index in [0.29, 0.717) is 11.3 Å². The number of anilines is 1. The van der Waals surface area contributed by atoms with Gasteiger partial charge in [0.05, 0.1) is 5.75 Å². The van der Waals surface area contributed by atoms with Crippen LogP contribution in [-0.4, -0.2) is 25.9 Å². The highest BCUT2D eigenvalue weighted by Gasteiger charge is 2.16. The average molecular weight is 303 g/mol. The van der Waals surface area contributed by atoms with E-state index < -0.39 is 27.7 Å². The summed E-state index contributed by atoms with van der Waals surface area (Å²) in [7, 11) is -4.49. The van der Waals surface area contributed by atoms with Gasteiger partial charge in [0, 0.05) is 5.69 Å². The fourth-order valence-electron chi connectivity index (χ4n) is 1.47. The summed E-state index contributed by atoms with van der Waals surface area (Å²) >= 11 is 0. The Morgan fingerprint density at radius 2 is 2.00 bits per heavy atom. The molecule has 112 valence electrons. The van der Waals surface area contributed by atoms with Crippen LogP contribution in [-0.2, 0) is 21.4 Å². The molecule has 0 aliphatic carbocycles. The minimum absolute atomic E-state index is 0.0443. The largest absolute Gasteiger partial charge is 0.444 e. The van der Waals surface area contributed by atoms with Crippen LogP contribution in [0.5, 0.6) is 0 Å². The van der Waals surface area contributed by atoms with Crippen molar-refractivity contribution in [2.75, 3.05) is 11.1 Å². The average Bonchev–Trinajstić information content (AvgIpc) is 2.23. The molecule has 0 heterocycles. The Labute approximate surface area is 118 Å². The number of nitrogens with one attached hydrogen (secondary N) is 1. The van der Waals surface area contributed by atoms with Gasteiger partial charge in [-0.05, 0) is 44.9 Å². The highest BCUT2D eigenvalue weighted by atomic mass is 32.3. The van der Waals surface area contributed by atoms with Crippen LogP contribution in [0.25, 0.3) is 0 Å². The predicted molar refractivity (Wildman–Crippen MR) is 74.9 cm³/mol. The third-order valence-corrected chi connectivity index (χ3v) is 2.90. The lowest BCUT2D eigenvalue weighted by atomic mass is 10.1. The van der Waals surface area contributed by atoms with Crippen LogP contribution in [0.2, 0.25) is 0 Å². The second-order valence-corrected chi connectivity index (χ2v) is 6.81. The number of halogens is 1. The van der Waals surface area contributed by atoms with E-state index in [9.17, 15) is 17.1 Å². The van der Waals surface area contributed by atoms with E-state index in [1.54, 1.807) is 45.0 Å². The molecular weight excluding hydrogens is 285 g/mol. The van der Waals surface area contributed by atoms with Crippen molar-refractivity contribution in [3.63, 3.8) is 0 Å². The van der Waals surface area contributed by atoms with Gasteiger partial charge in [-0.1, -0.05) is 12.1 Å². The lowest BCUT2D eigenvalue weighted by Crippen LogP contribution is -2.27. The van der Waals surface area contributed by atoms with Crippen molar-refractivity contribution in [2.45, 2.75) is 32.8 Å². The quantitative estimate of drug-likeness (QED) is 0.868. The summed E-state index contributed by atoms with van der Waals surface area (Å²) in [5, 5.41) is 2.53.